The van der Waals surface area contributed by atoms with Gasteiger partial charge in [0.25, 0.3) is 0 Å². The van der Waals surface area contributed by atoms with Crippen molar-refractivity contribution in [2.45, 2.75) is 87.0 Å². The average molecular weight is 258 g/mol. The van der Waals surface area contributed by atoms with Crippen LogP contribution in [0.5, 0.6) is 0 Å². The molecule has 18 heavy (non-hydrogen) atoms. The van der Waals surface area contributed by atoms with E-state index < -0.39 is 0 Å². The molecule has 1 fully saturated rings. The van der Waals surface area contributed by atoms with Gasteiger partial charge in [-0.2, -0.15) is 0 Å². The minimum Gasteiger partial charge on any atom is -0.317 e. The molecule has 0 aliphatic heterocycles. The molecule has 112 valence electrons. The number of nitrogens with one attached hydrogen (secondary N) is 1. The lowest BCUT2D eigenvalue weighted by atomic mass is 9.72. The van der Waals surface area contributed by atoms with Crippen LogP contribution < -0.4 is 5.32 Å². The predicted octanol–water partition coefficient (Wildman–Crippen LogP) is 5.64. The largest absolute Gasteiger partial charge is 0.317 e. The van der Waals surface area contributed by atoms with Gasteiger partial charge < -0.3 is 5.32 Å². The van der Waals surface area contributed by atoms with Crippen molar-refractivity contribution in [3.05, 3.63) is 0 Å². The van der Waals surface area contributed by atoms with Crippen molar-refractivity contribution in [3.8, 4) is 0 Å². The van der Waals surface area contributed by atoms with E-state index in [1.807, 2.05) is 27.7 Å². The van der Waals surface area contributed by atoms with Crippen LogP contribution in [0.1, 0.15) is 87.0 Å². The predicted molar refractivity (Wildman–Crippen MR) is 86.2 cm³/mol. The molecule has 0 aromatic rings. The van der Waals surface area contributed by atoms with Crippen LogP contribution in [-0.4, -0.2) is 13.1 Å². The van der Waals surface area contributed by atoms with Gasteiger partial charge in [-0.05, 0) is 37.3 Å². The molecule has 1 aliphatic rings. The molecule has 1 aliphatic carbocycles. The minimum absolute atomic E-state index is 0.610. The highest BCUT2D eigenvalue weighted by Gasteiger charge is 2.31. The van der Waals surface area contributed by atoms with Gasteiger partial charge >= 0.3 is 0 Å². The summed E-state index contributed by atoms with van der Waals surface area (Å²) in [5, 5.41) is 3.46. The highest BCUT2D eigenvalue weighted by molar-refractivity contribution is 4.83. The quantitative estimate of drug-likeness (QED) is 0.507. The fraction of sp³-hybridized carbons (Fsp3) is 1.00. The molecule has 0 radical (unpaired) electrons. The van der Waals surface area contributed by atoms with Crippen molar-refractivity contribution in [2.75, 3.05) is 13.1 Å². The number of hydrogen-bond donors (Lipinski definition) is 1. The van der Waals surface area contributed by atoms with Crippen molar-refractivity contribution in [1.29, 1.82) is 0 Å². The summed E-state index contributed by atoms with van der Waals surface area (Å²) in [6.45, 7) is 17.5. The van der Waals surface area contributed by atoms with Crippen LogP contribution in [0, 0.1) is 11.3 Å². The minimum atomic E-state index is 0.610. The monoisotopic (exact) mass is 257 g/mol. The number of hydrogen-bond acceptors (Lipinski definition) is 1. The zero-order valence-corrected chi connectivity index (χ0v) is 14.2. The molecule has 0 heterocycles. The first-order chi connectivity index (χ1) is 8.69. The maximum Gasteiger partial charge on any atom is -0.00437 e. The van der Waals surface area contributed by atoms with Crippen LogP contribution in [0.25, 0.3) is 0 Å². The lowest BCUT2D eigenvalue weighted by molar-refractivity contribution is 0.169. The molecule has 2 atom stereocenters. The van der Waals surface area contributed by atoms with Crippen LogP contribution in [0.3, 0.4) is 0 Å². The maximum atomic E-state index is 3.46. The van der Waals surface area contributed by atoms with Gasteiger partial charge in [0.05, 0.1) is 0 Å². The highest BCUT2D eigenvalue weighted by Crippen LogP contribution is 2.41. The first kappa shape index (κ1) is 20.3. The normalized spacial score (nSPS) is 27.2. The molecule has 1 rings (SSSR count). The SMILES string of the molecule is CC.CC.CCNCCC1(C)CCCCCC1C. The highest BCUT2D eigenvalue weighted by atomic mass is 14.8. The molecule has 1 N–H and O–H groups in total. The molecular formula is C17H39N. The molecule has 0 saturated heterocycles. The van der Waals surface area contributed by atoms with E-state index in [1.54, 1.807) is 0 Å². The van der Waals surface area contributed by atoms with Crippen LogP contribution in [-0.2, 0) is 0 Å². The molecule has 1 nitrogen and oxygen atoms in total. The van der Waals surface area contributed by atoms with Crippen molar-refractivity contribution < 1.29 is 0 Å². The average Bonchev–Trinajstić information content (AvgIpc) is 2.58. The lowest BCUT2D eigenvalue weighted by Crippen LogP contribution is -2.29. The third kappa shape index (κ3) is 8.13. The smallest absolute Gasteiger partial charge is 0.00437 e. The Morgan fingerprint density at radius 1 is 1.06 bits per heavy atom. The Morgan fingerprint density at radius 2 is 1.67 bits per heavy atom. The van der Waals surface area contributed by atoms with E-state index in [4.69, 9.17) is 0 Å². The third-order valence-electron chi connectivity index (χ3n) is 4.20. The maximum absolute atomic E-state index is 3.46. The van der Waals surface area contributed by atoms with Crippen LogP contribution >= 0.6 is 0 Å². The van der Waals surface area contributed by atoms with Gasteiger partial charge in [-0.3, -0.25) is 0 Å². The molecule has 1 saturated carbocycles. The molecular weight excluding hydrogens is 218 g/mol. The standard InChI is InChI=1S/C13H27N.2C2H6/c1-4-14-11-10-13(3)9-7-5-6-8-12(13)2;2*1-2/h12,14H,4-11H2,1-3H3;2*1-2H3. The Bertz CT molecular complexity index is 156. The summed E-state index contributed by atoms with van der Waals surface area (Å²) in [5.41, 5.74) is 0.610. The van der Waals surface area contributed by atoms with Gasteiger partial charge in [0.2, 0.25) is 0 Å². The molecule has 0 bridgehead atoms. The van der Waals surface area contributed by atoms with Crippen LogP contribution in [0.4, 0.5) is 0 Å². The van der Waals surface area contributed by atoms with Crippen molar-refractivity contribution >= 4 is 0 Å². The fourth-order valence-electron chi connectivity index (χ4n) is 2.67. The Balaban J connectivity index is 0. The summed E-state index contributed by atoms with van der Waals surface area (Å²) in [4.78, 5) is 0. The summed E-state index contributed by atoms with van der Waals surface area (Å²) in [6.07, 6.45) is 8.62. The Labute approximate surface area is 117 Å². The summed E-state index contributed by atoms with van der Waals surface area (Å²) in [6, 6.07) is 0. The Kier molecular flexibility index (Phi) is 15.1. The van der Waals surface area contributed by atoms with Gasteiger partial charge in [0, 0.05) is 0 Å². The van der Waals surface area contributed by atoms with E-state index in [9.17, 15) is 0 Å². The zero-order chi connectivity index (χ0) is 14.4. The van der Waals surface area contributed by atoms with E-state index in [2.05, 4.69) is 26.1 Å². The summed E-state index contributed by atoms with van der Waals surface area (Å²) < 4.78 is 0. The summed E-state index contributed by atoms with van der Waals surface area (Å²) in [5.74, 6) is 0.920. The summed E-state index contributed by atoms with van der Waals surface area (Å²) >= 11 is 0. The second kappa shape index (κ2) is 13.4. The second-order valence-electron chi connectivity index (χ2n) is 5.26. The molecule has 0 spiro atoms. The Hall–Kier alpha value is -0.0400. The van der Waals surface area contributed by atoms with Gasteiger partial charge in [0.1, 0.15) is 0 Å². The van der Waals surface area contributed by atoms with Crippen molar-refractivity contribution in [2.24, 2.45) is 11.3 Å². The molecule has 0 aromatic carbocycles. The van der Waals surface area contributed by atoms with Crippen LogP contribution in [0.2, 0.25) is 0 Å². The molecule has 2 unspecified atom stereocenters. The second-order valence-corrected chi connectivity index (χ2v) is 5.26. The van der Waals surface area contributed by atoms with Gasteiger partial charge in [-0.25, -0.2) is 0 Å². The van der Waals surface area contributed by atoms with E-state index in [1.165, 1.54) is 45.1 Å². The number of rotatable bonds is 4. The van der Waals surface area contributed by atoms with Gasteiger partial charge in [0.15, 0.2) is 0 Å². The molecule has 1 heteroatoms. The van der Waals surface area contributed by atoms with E-state index in [-0.39, 0.29) is 0 Å². The van der Waals surface area contributed by atoms with Gasteiger partial charge in [-0.1, -0.05) is 74.1 Å². The topological polar surface area (TPSA) is 12.0 Å². The molecule has 0 aromatic heterocycles. The van der Waals surface area contributed by atoms with Crippen molar-refractivity contribution in [3.63, 3.8) is 0 Å². The first-order valence-electron chi connectivity index (χ1n) is 8.40. The van der Waals surface area contributed by atoms with E-state index in [0.717, 1.165) is 12.5 Å². The van der Waals surface area contributed by atoms with Crippen LogP contribution in [0.15, 0.2) is 0 Å². The third-order valence-corrected chi connectivity index (χ3v) is 4.20. The van der Waals surface area contributed by atoms with E-state index >= 15 is 0 Å². The van der Waals surface area contributed by atoms with Gasteiger partial charge in [-0.15, -0.1) is 0 Å². The summed E-state index contributed by atoms with van der Waals surface area (Å²) in [7, 11) is 0. The fourth-order valence-corrected chi connectivity index (χ4v) is 2.67. The van der Waals surface area contributed by atoms with E-state index in [0.29, 0.717) is 5.41 Å². The zero-order valence-electron chi connectivity index (χ0n) is 14.2. The first-order valence-corrected chi connectivity index (χ1v) is 8.40. The van der Waals surface area contributed by atoms with Crippen molar-refractivity contribution in [1.82, 2.24) is 5.32 Å². The lowest BCUT2D eigenvalue weighted by Gasteiger charge is -2.34. The molecule has 0 amide bonds. The Morgan fingerprint density at radius 3 is 2.22 bits per heavy atom.